The van der Waals surface area contributed by atoms with E-state index in [4.69, 9.17) is 0 Å². The summed E-state index contributed by atoms with van der Waals surface area (Å²) in [6, 6.07) is 5.59. The summed E-state index contributed by atoms with van der Waals surface area (Å²) in [7, 11) is 0. The smallest absolute Gasteiger partial charge is 0.248 e. The van der Waals surface area contributed by atoms with E-state index < -0.39 is 6.04 Å². The fraction of sp³-hybridized carbons (Fsp3) is 0.474. The normalized spacial score (nSPS) is 16.0. The Balaban J connectivity index is 1.44. The van der Waals surface area contributed by atoms with E-state index in [2.05, 4.69) is 35.6 Å². The lowest BCUT2D eigenvalue weighted by Gasteiger charge is -2.36. The number of aromatic nitrogens is 7. The molecule has 1 aromatic carbocycles. The van der Waals surface area contributed by atoms with Gasteiger partial charge in [-0.05, 0) is 42.0 Å². The number of aryl methyl sites for hydroxylation is 2. The van der Waals surface area contributed by atoms with Gasteiger partial charge in [-0.3, -0.25) is 14.8 Å². The molecule has 1 aliphatic rings. The van der Waals surface area contributed by atoms with Crippen molar-refractivity contribution in [1.29, 1.82) is 0 Å². The zero-order valence-corrected chi connectivity index (χ0v) is 17.0. The maximum Gasteiger partial charge on any atom is 0.248 e. The van der Waals surface area contributed by atoms with Crippen LogP contribution in [0.1, 0.15) is 29.1 Å². The van der Waals surface area contributed by atoms with Gasteiger partial charge < -0.3 is 4.90 Å². The van der Waals surface area contributed by atoms with Crippen LogP contribution >= 0.6 is 0 Å². The third kappa shape index (κ3) is 4.51. The SMILES string of the molecule is Cc1nc(CN2CCN(C(=O)C(Cc3ccc(F)cc3)n3nnnc3C)CC2)n[nH]1. The van der Waals surface area contributed by atoms with Gasteiger partial charge in [0.25, 0.3) is 0 Å². The van der Waals surface area contributed by atoms with Crippen LogP contribution in [0.2, 0.25) is 0 Å². The number of benzene rings is 1. The van der Waals surface area contributed by atoms with Crippen LogP contribution in [0.4, 0.5) is 4.39 Å². The van der Waals surface area contributed by atoms with Crippen molar-refractivity contribution in [3.63, 3.8) is 0 Å². The fourth-order valence-corrected chi connectivity index (χ4v) is 3.65. The lowest BCUT2D eigenvalue weighted by atomic mass is 10.0. The molecule has 1 saturated heterocycles. The number of halogens is 1. The minimum absolute atomic E-state index is 0.0388. The zero-order valence-electron chi connectivity index (χ0n) is 17.0. The summed E-state index contributed by atoms with van der Waals surface area (Å²) in [6.07, 6.45) is 0.391. The topological polar surface area (TPSA) is 109 Å². The maximum atomic E-state index is 13.4. The molecule has 1 fully saturated rings. The number of H-pyrrole nitrogens is 1. The van der Waals surface area contributed by atoms with Crippen LogP contribution in [0.3, 0.4) is 0 Å². The van der Waals surface area contributed by atoms with Gasteiger partial charge >= 0.3 is 0 Å². The van der Waals surface area contributed by atoms with Crippen LogP contribution in [0, 0.1) is 19.7 Å². The molecule has 0 radical (unpaired) electrons. The van der Waals surface area contributed by atoms with Crippen molar-refractivity contribution in [3.8, 4) is 0 Å². The number of aromatic amines is 1. The molecule has 2 aromatic heterocycles. The summed E-state index contributed by atoms with van der Waals surface area (Å²) in [5.74, 6) is 1.76. The molecule has 1 N–H and O–H groups in total. The molecule has 1 aliphatic heterocycles. The summed E-state index contributed by atoms with van der Waals surface area (Å²) < 4.78 is 14.8. The first kappa shape index (κ1) is 20.1. The average Bonchev–Trinajstić information content (AvgIpc) is 3.35. The van der Waals surface area contributed by atoms with Crippen molar-refractivity contribution in [3.05, 3.63) is 53.1 Å². The van der Waals surface area contributed by atoms with Crippen molar-refractivity contribution < 1.29 is 9.18 Å². The summed E-state index contributed by atoms with van der Waals surface area (Å²) in [4.78, 5) is 21.8. The van der Waals surface area contributed by atoms with E-state index >= 15 is 0 Å². The molecule has 10 nitrogen and oxygen atoms in total. The summed E-state index contributed by atoms with van der Waals surface area (Å²) in [6.45, 7) is 6.95. The number of hydrogen-bond donors (Lipinski definition) is 1. The van der Waals surface area contributed by atoms with Crippen molar-refractivity contribution in [2.75, 3.05) is 26.2 Å². The third-order valence-corrected chi connectivity index (χ3v) is 5.27. The lowest BCUT2D eigenvalue weighted by molar-refractivity contribution is -0.137. The zero-order chi connectivity index (χ0) is 21.1. The molecule has 1 amide bonds. The van der Waals surface area contributed by atoms with Gasteiger partial charge in [0.05, 0.1) is 6.54 Å². The van der Waals surface area contributed by atoms with Gasteiger partial charge in [-0.25, -0.2) is 14.1 Å². The summed E-state index contributed by atoms with van der Waals surface area (Å²) in [5, 5.41) is 18.7. The Morgan fingerprint density at radius 1 is 1.17 bits per heavy atom. The summed E-state index contributed by atoms with van der Waals surface area (Å²) >= 11 is 0. The van der Waals surface area contributed by atoms with E-state index in [1.807, 2.05) is 11.8 Å². The number of nitrogens with zero attached hydrogens (tertiary/aromatic N) is 8. The van der Waals surface area contributed by atoms with Crippen LogP contribution in [-0.4, -0.2) is 77.3 Å². The first-order valence-electron chi connectivity index (χ1n) is 9.87. The Labute approximate surface area is 173 Å². The number of rotatable bonds is 6. The number of amides is 1. The van der Waals surface area contributed by atoms with Crippen molar-refractivity contribution >= 4 is 5.91 Å². The van der Waals surface area contributed by atoms with Crippen molar-refractivity contribution in [2.24, 2.45) is 0 Å². The van der Waals surface area contributed by atoms with Crippen LogP contribution < -0.4 is 0 Å². The third-order valence-electron chi connectivity index (χ3n) is 5.27. The van der Waals surface area contributed by atoms with Crippen molar-refractivity contribution in [1.82, 2.24) is 45.2 Å². The highest BCUT2D eigenvalue weighted by atomic mass is 19.1. The number of nitrogens with one attached hydrogen (secondary N) is 1. The van der Waals surface area contributed by atoms with Gasteiger partial charge in [0.1, 0.15) is 23.5 Å². The predicted molar refractivity (Wildman–Crippen MR) is 105 cm³/mol. The molecule has 1 unspecified atom stereocenters. The van der Waals surface area contributed by atoms with E-state index in [1.165, 1.54) is 12.1 Å². The molecule has 4 rings (SSSR count). The standard InChI is InChI=1S/C19H24FN9O/c1-13-21-18(24-22-13)12-27-7-9-28(10-8-27)19(30)17(29-14(2)23-25-26-29)11-15-3-5-16(20)6-4-15/h3-6,17H,7-12H2,1-2H3,(H,21,22,24). The number of carbonyl (C=O) groups is 1. The van der Waals surface area contributed by atoms with Gasteiger partial charge in [-0.2, -0.15) is 5.10 Å². The number of tetrazole rings is 1. The molecule has 30 heavy (non-hydrogen) atoms. The molecular weight excluding hydrogens is 389 g/mol. The second-order valence-corrected chi connectivity index (χ2v) is 7.46. The molecule has 0 bridgehead atoms. The second kappa shape index (κ2) is 8.66. The van der Waals surface area contributed by atoms with E-state index in [0.29, 0.717) is 31.9 Å². The Hall–Kier alpha value is -3.21. The van der Waals surface area contributed by atoms with E-state index in [9.17, 15) is 9.18 Å². The Bertz CT molecular complexity index is 992. The highest BCUT2D eigenvalue weighted by molar-refractivity contribution is 5.81. The summed E-state index contributed by atoms with van der Waals surface area (Å²) in [5.41, 5.74) is 0.850. The molecular formula is C19H24FN9O. The first-order valence-corrected chi connectivity index (χ1v) is 9.87. The molecule has 0 spiro atoms. The Morgan fingerprint density at radius 2 is 1.90 bits per heavy atom. The molecule has 0 aliphatic carbocycles. The maximum absolute atomic E-state index is 13.4. The van der Waals surface area contributed by atoms with Gasteiger partial charge in [-0.15, -0.1) is 5.10 Å². The van der Waals surface area contributed by atoms with Crippen LogP contribution in [0.5, 0.6) is 0 Å². The number of hydrogen-bond acceptors (Lipinski definition) is 7. The first-order chi connectivity index (χ1) is 14.5. The van der Waals surface area contributed by atoms with Gasteiger partial charge in [0.2, 0.25) is 5.91 Å². The van der Waals surface area contributed by atoms with E-state index in [1.54, 1.807) is 23.7 Å². The van der Waals surface area contributed by atoms with Gasteiger partial charge in [0, 0.05) is 32.6 Å². The molecule has 3 heterocycles. The molecule has 1 atom stereocenters. The van der Waals surface area contributed by atoms with E-state index in [-0.39, 0.29) is 11.7 Å². The fourth-order valence-electron chi connectivity index (χ4n) is 3.65. The molecule has 0 saturated carbocycles. The monoisotopic (exact) mass is 413 g/mol. The quantitative estimate of drug-likeness (QED) is 0.633. The van der Waals surface area contributed by atoms with E-state index in [0.717, 1.165) is 30.3 Å². The highest BCUT2D eigenvalue weighted by Crippen LogP contribution is 2.19. The van der Waals surface area contributed by atoms with Gasteiger partial charge in [-0.1, -0.05) is 12.1 Å². The minimum Gasteiger partial charge on any atom is -0.338 e. The molecule has 158 valence electrons. The predicted octanol–water partition coefficient (Wildman–Crippen LogP) is 0.675. The average molecular weight is 413 g/mol. The Morgan fingerprint density at radius 3 is 2.50 bits per heavy atom. The van der Waals surface area contributed by atoms with Crippen LogP contribution in [0.25, 0.3) is 0 Å². The second-order valence-electron chi connectivity index (χ2n) is 7.46. The van der Waals surface area contributed by atoms with Gasteiger partial charge in [0.15, 0.2) is 5.82 Å². The van der Waals surface area contributed by atoms with Crippen molar-refractivity contribution in [2.45, 2.75) is 32.9 Å². The lowest BCUT2D eigenvalue weighted by Crippen LogP contribution is -2.50. The number of carbonyl (C=O) groups excluding carboxylic acids is 1. The highest BCUT2D eigenvalue weighted by Gasteiger charge is 2.31. The van der Waals surface area contributed by atoms with Crippen LogP contribution in [-0.2, 0) is 17.8 Å². The minimum atomic E-state index is -0.576. The number of piperazine rings is 1. The largest absolute Gasteiger partial charge is 0.338 e. The molecule has 11 heteroatoms. The molecule has 3 aromatic rings. The van der Waals surface area contributed by atoms with Crippen LogP contribution in [0.15, 0.2) is 24.3 Å². The Kier molecular flexibility index (Phi) is 5.79.